The Bertz CT molecular complexity index is 766. The van der Waals surface area contributed by atoms with Crippen LogP contribution in [0.4, 0.5) is 0 Å². The summed E-state index contributed by atoms with van der Waals surface area (Å²) in [7, 11) is 1.70. The van der Waals surface area contributed by atoms with Crippen LogP contribution in [0.2, 0.25) is 0 Å². The van der Waals surface area contributed by atoms with E-state index in [9.17, 15) is 0 Å². The van der Waals surface area contributed by atoms with Crippen LogP contribution >= 0.6 is 0 Å². The molecule has 0 radical (unpaired) electrons. The number of aryl methyl sites for hydroxylation is 2. The molecule has 122 valence electrons. The van der Waals surface area contributed by atoms with Gasteiger partial charge in [-0.2, -0.15) is 0 Å². The minimum absolute atomic E-state index is 0.594. The third kappa shape index (κ3) is 4.39. The summed E-state index contributed by atoms with van der Waals surface area (Å²) in [6.45, 7) is 0.594. The maximum absolute atomic E-state index is 6.03. The number of ether oxygens (including phenoxy) is 2. The third-order valence-electron chi connectivity index (χ3n) is 4.03. The van der Waals surface area contributed by atoms with Crippen molar-refractivity contribution in [2.45, 2.75) is 19.4 Å². The van der Waals surface area contributed by atoms with Gasteiger partial charge in [-0.1, -0.05) is 60.7 Å². The molecule has 3 rings (SSSR count). The van der Waals surface area contributed by atoms with Gasteiger partial charge in [-0.15, -0.1) is 0 Å². The van der Waals surface area contributed by atoms with Gasteiger partial charge in [-0.05, 0) is 47.7 Å². The molecule has 0 fully saturated rings. The molecule has 0 aliphatic rings. The topological polar surface area (TPSA) is 18.5 Å². The zero-order valence-corrected chi connectivity index (χ0v) is 13.9. The Morgan fingerprint density at radius 3 is 2.29 bits per heavy atom. The summed E-state index contributed by atoms with van der Waals surface area (Å²) < 4.78 is 11.3. The molecule has 2 heteroatoms. The van der Waals surface area contributed by atoms with Crippen LogP contribution in [0.3, 0.4) is 0 Å². The number of methoxy groups -OCH3 is 1. The molecule has 0 aliphatic carbocycles. The highest BCUT2D eigenvalue weighted by atomic mass is 16.5. The quantitative estimate of drug-likeness (QED) is 0.606. The van der Waals surface area contributed by atoms with E-state index in [4.69, 9.17) is 9.47 Å². The van der Waals surface area contributed by atoms with Crippen LogP contribution in [0.1, 0.15) is 16.7 Å². The molecule has 3 aromatic carbocycles. The molecule has 24 heavy (non-hydrogen) atoms. The van der Waals surface area contributed by atoms with E-state index < -0.39 is 0 Å². The number of hydrogen-bond donors (Lipinski definition) is 0. The molecule has 0 N–H and O–H groups in total. The van der Waals surface area contributed by atoms with E-state index >= 15 is 0 Å². The van der Waals surface area contributed by atoms with Crippen molar-refractivity contribution in [2.75, 3.05) is 7.11 Å². The molecule has 0 spiro atoms. The fourth-order valence-electron chi connectivity index (χ4n) is 2.69. The molecule has 0 amide bonds. The summed E-state index contributed by atoms with van der Waals surface area (Å²) in [6, 6.07) is 26.8. The van der Waals surface area contributed by atoms with Gasteiger partial charge in [-0.25, -0.2) is 0 Å². The van der Waals surface area contributed by atoms with Crippen molar-refractivity contribution in [3.8, 4) is 11.5 Å². The predicted molar refractivity (Wildman–Crippen MR) is 97.6 cm³/mol. The minimum Gasteiger partial charge on any atom is -0.497 e. The van der Waals surface area contributed by atoms with Gasteiger partial charge in [0.05, 0.1) is 7.11 Å². The van der Waals surface area contributed by atoms with Crippen molar-refractivity contribution in [3.05, 3.63) is 95.6 Å². The molecule has 3 aromatic rings. The van der Waals surface area contributed by atoms with E-state index in [1.165, 1.54) is 16.7 Å². The highest BCUT2D eigenvalue weighted by Crippen LogP contribution is 2.22. The van der Waals surface area contributed by atoms with Gasteiger partial charge in [-0.3, -0.25) is 0 Å². The maximum Gasteiger partial charge on any atom is 0.123 e. The molecule has 0 heterocycles. The first-order valence-corrected chi connectivity index (χ1v) is 8.23. The summed E-state index contributed by atoms with van der Waals surface area (Å²) >= 11 is 0. The predicted octanol–water partition coefficient (Wildman–Crippen LogP) is 5.06. The number of para-hydroxylation sites is 1. The van der Waals surface area contributed by atoms with Gasteiger partial charge in [0, 0.05) is 0 Å². The normalized spacial score (nSPS) is 10.4. The number of hydrogen-bond acceptors (Lipinski definition) is 2. The fraction of sp³-hybridized carbons (Fsp3) is 0.182. The SMILES string of the molecule is COc1cccc(CCc2ccccc2OCc2ccccc2)c1. The average molecular weight is 318 g/mol. The first kappa shape index (κ1) is 16.1. The van der Waals surface area contributed by atoms with Gasteiger partial charge < -0.3 is 9.47 Å². The molecule has 0 saturated heterocycles. The second-order valence-electron chi connectivity index (χ2n) is 5.73. The van der Waals surface area contributed by atoms with Crippen LogP contribution in [0.15, 0.2) is 78.9 Å². The average Bonchev–Trinajstić information content (AvgIpc) is 2.66. The molecule has 2 nitrogen and oxygen atoms in total. The molecule has 0 bridgehead atoms. The van der Waals surface area contributed by atoms with Crippen molar-refractivity contribution in [3.63, 3.8) is 0 Å². The van der Waals surface area contributed by atoms with Gasteiger partial charge in [0.15, 0.2) is 0 Å². The fourth-order valence-corrected chi connectivity index (χ4v) is 2.69. The van der Waals surface area contributed by atoms with Crippen LogP contribution in [-0.4, -0.2) is 7.11 Å². The zero-order valence-electron chi connectivity index (χ0n) is 13.9. The summed E-state index contributed by atoms with van der Waals surface area (Å²) in [5, 5.41) is 0. The van der Waals surface area contributed by atoms with E-state index in [1.54, 1.807) is 7.11 Å². The van der Waals surface area contributed by atoms with Crippen LogP contribution in [0.5, 0.6) is 11.5 Å². The Labute approximate surface area is 143 Å². The smallest absolute Gasteiger partial charge is 0.123 e. The molecular weight excluding hydrogens is 296 g/mol. The monoisotopic (exact) mass is 318 g/mol. The van der Waals surface area contributed by atoms with Gasteiger partial charge in [0.1, 0.15) is 18.1 Å². The van der Waals surface area contributed by atoms with Gasteiger partial charge in [0.2, 0.25) is 0 Å². The molecule has 0 aliphatic heterocycles. The van der Waals surface area contributed by atoms with Crippen LogP contribution in [0, 0.1) is 0 Å². The first-order valence-electron chi connectivity index (χ1n) is 8.23. The van der Waals surface area contributed by atoms with Crippen molar-refractivity contribution >= 4 is 0 Å². The van der Waals surface area contributed by atoms with Crippen LogP contribution in [0.25, 0.3) is 0 Å². The lowest BCUT2D eigenvalue weighted by atomic mass is 10.0. The first-order chi connectivity index (χ1) is 11.8. The minimum atomic E-state index is 0.594. The largest absolute Gasteiger partial charge is 0.497 e. The maximum atomic E-state index is 6.03. The highest BCUT2D eigenvalue weighted by Gasteiger charge is 2.05. The highest BCUT2D eigenvalue weighted by molar-refractivity contribution is 5.35. The lowest BCUT2D eigenvalue weighted by Gasteiger charge is -2.12. The Morgan fingerprint density at radius 1 is 0.708 bits per heavy atom. The molecule has 0 saturated carbocycles. The van der Waals surface area contributed by atoms with Crippen molar-refractivity contribution in [1.29, 1.82) is 0 Å². The Morgan fingerprint density at radius 2 is 1.46 bits per heavy atom. The number of benzene rings is 3. The van der Waals surface area contributed by atoms with Crippen LogP contribution < -0.4 is 9.47 Å². The van der Waals surface area contributed by atoms with Crippen molar-refractivity contribution in [2.24, 2.45) is 0 Å². The summed E-state index contributed by atoms with van der Waals surface area (Å²) in [5.74, 6) is 1.87. The van der Waals surface area contributed by atoms with E-state index in [0.29, 0.717) is 6.61 Å². The van der Waals surface area contributed by atoms with Crippen molar-refractivity contribution < 1.29 is 9.47 Å². The number of rotatable bonds is 7. The summed E-state index contributed by atoms with van der Waals surface area (Å²) in [4.78, 5) is 0. The molecular formula is C22H22O2. The molecule has 0 atom stereocenters. The molecule has 0 unspecified atom stereocenters. The van der Waals surface area contributed by atoms with E-state index in [2.05, 4.69) is 36.4 Å². The Hall–Kier alpha value is -2.74. The summed E-state index contributed by atoms with van der Waals surface area (Å²) in [6.07, 6.45) is 1.90. The lowest BCUT2D eigenvalue weighted by Crippen LogP contribution is -2.00. The Kier molecular flexibility index (Phi) is 5.52. The van der Waals surface area contributed by atoms with E-state index in [1.807, 2.05) is 42.5 Å². The Balaban J connectivity index is 1.65. The second kappa shape index (κ2) is 8.21. The van der Waals surface area contributed by atoms with E-state index in [-0.39, 0.29) is 0 Å². The van der Waals surface area contributed by atoms with Crippen molar-refractivity contribution in [1.82, 2.24) is 0 Å². The second-order valence-corrected chi connectivity index (χ2v) is 5.73. The standard InChI is InChI=1S/C22H22O2/c1-23-21-12-7-10-18(16-21)14-15-20-11-5-6-13-22(20)24-17-19-8-3-2-4-9-19/h2-13,16H,14-15,17H2,1H3. The van der Waals surface area contributed by atoms with Crippen LogP contribution in [-0.2, 0) is 19.4 Å². The molecule has 0 aromatic heterocycles. The van der Waals surface area contributed by atoms with E-state index in [0.717, 1.165) is 24.3 Å². The lowest BCUT2D eigenvalue weighted by molar-refractivity contribution is 0.303. The third-order valence-corrected chi connectivity index (χ3v) is 4.03. The van der Waals surface area contributed by atoms with Gasteiger partial charge >= 0.3 is 0 Å². The zero-order chi connectivity index (χ0) is 16.6. The van der Waals surface area contributed by atoms with Gasteiger partial charge in [0.25, 0.3) is 0 Å². The summed E-state index contributed by atoms with van der Waals surface area (Å²) in [5.41, 5.74) is 3.68.